The first-order valence-corrected chi connectivity index (χ1v) is 6.09. The molecule has 1 aromatic heterocycles. The molecule has 0 radical (unpaired) electrons. The second-order valence-electron chi connectivity index (χ2n) is 3.86. The summed E-state index contributed by atoms with van der Waals surface area (Å²) in [6, 6.07) is 3.14. The first-order chi connectivity index (χ1) is 6.40. The van der Waals surface area contributed by atoms with Gasteiger partial charge in [-0.15, -0.1) is 0 Å². The standard InChI is InChI=1S/C11H17NS/c1-2-3-4-11-8-12(11)7-10-5-6-13-9-10/h5-6,9,11H,2-4,7-8H2,1H3. The summed E-state index contributed by atoms with van der Waals surface area (Å²) >= 11 is 1.80. The minimum absolute atomic E-state index is 0.903. The van der Waals surface area contributed by atoms with Crippen LogP contribution in [0.3, 0.4) is 0 Å². The Labute approximate surface area is 84.4 Å². The monoisotopic (exact) mass is 195 g/mol. The van der Waals surface area contributed by atoms with Gasteiger partial charge in [0, 0.05) is 19.1 Å². The minimum atomic E-state index is 0.903. The molecule has 1 fully saturated rings. The first-order valence-electron chi connectivity index (χ1n) is 5.15. The van der Waals surface area contributed by atoms with Crippen molar-refractivity contribution >= 4 is 11.3 Å². The quantitative estimate of drug-likeness (QED) is 0.652. The maximum absolute atomic E-state index is 2.57. The molecule has 1 aliphatic rings. The van der Waals surface area contributed by atoms with Crippen LogP contribution in [0.4, 0.5) is 0 Å². The van der Waals surface area contributed by atoms with Gasteiger partial charge in [-0.2, -0.15) is 11.3 Å². The van der Waals surface area contributed by atoms with Crippen LogP contribution in [0.5, 0.6) is 0 Å². The molecule has 13 heavy (non-hydrogen) atoms. The summed E-state index contributed by atoms with van der Waals surface area (Å²) in [5.74, 6) is 0. The van der Waals surface area contributed by atoms with Crippen LogP contribution in [0, 0.1) is 0 Å². The van der Waals surface area contributed by atoms with E-state index in [4.69, 9.17) is 0 Å². The predicted octanol–water partition coefficient (Wildman–Crippen LogP) is 3.12. The van der Waals surface area contributed by atoms with Gasteiger partial charge < -0.3 is 0 Å². The molecule has 0 amide bonds. The molecule has 2 heteroatoms. The van der Waals surface area contributed by atoms with Crippen molar-refractivity contribution in [3.05, 3.63) is 22.4 Å². The minimum Gasteiger partial charge on any atom is -0.293 e. The smallest absolute Gasteiger partial charge is 0.0246 e. The topological polar surface area (TPSA) is 3.01 Å². The predicted molar refractivity (Wildman–Crippen MR) is 58.0 cm³/mol. The van der Waals surface area contributed by atoms with Gasteiger partial charge in [-0.05, 0) is 28.8 Å². The molecule has 0 N–H and O–H groups in total. The molecule has 0 aromatic carbocycles. The van der Waals surface area contributed by atoms with E-state index in [1.807, 2.05) is 0 Å². The second kappa shape index (κ2) is 4.25. The molecule has 72 valence electrons. The van der Waals surface area contributed by atoms with Gasteiger partial charge in [-0.25, -0.2) is 0 Å². The van der Waals surface area contributed by atoms with Crippen molar-refractivity contribution in [3.63, 3.8) is 0 Å². The summed E-state index contributed by atoms with van der Waals surface area (Å²) in [4.78, 5) is 2.57. The Morgan fingerprint density at radius 2 is 2.54 bits per heavy atom. The van der Waals surface area contributed by atoms with Gasteiger partial charge in [0.05, 0.1) is 0 Å². The zero-order chi connectivity index (χ0) is 9.10. The maximum Gasteiger partial charge on any atom is 0.0246 e. The summed E-state index contributed by atoms with van der Waals surface area (Å²) in [6.07, 6.45) is 4.13. The fourth-order valence-electron chi connectivity index (χ4n) is 1.75. The number of hydrogen-bond donors (Lipinski definition) is 0. The fourth-order valence-corrected chi connectivity index (χ4v) is 2.41. The lowest BCUT2D eigenvalue weighted by atomic mass is 10.2. The van der Waals surface area contributed by atoms with Crippen LogP contribution >= 0.6 is 11.3 Å². The van der Waals surface area contributed by atoms with Gasteiger partial charge >= 0.3 is 0 Å². The second-order valence-corrected chi connectivity index (χ2v) is 4.64. The lowest BCUT2D eigenvalue weighted by molar-refractivity contribution is 0.479. The van der Waals surface area contributed by atoms with E-state index in [9.17, 15) is 0 Å². The highest BCUT2D eigenvalue weighted by atomic mass is 32.1. The van der Waals surface area contributed by atoms with Gasteiger partial charge in [-0.3, -0.25) is 4.90 Å². The molecule has 0 aliphatic carbocycles. The zero-order valence-electron chi connectivity index (χ0n) is 8.20. The summed E-state index contributed by atoms with van der Waals surface area (Å²) in [5, 5.41) is 4.43. The molecule has 0 spiro atoms. The van der Waals surface area contributed by atoms with Crippen molar-refractivity contribution < 1.29 is 0 Å². The van der Waals surface area contributed by atoms with Crippen molar-refractivity contribution in [1.82, 2.24) is 4.90 Å². The molecule has 0 saturated carbocycles. The maximum atomic E-state index is 2.57. The molecule has 2 heterocycles. The average Bonchev–Trinajstić information content (AvgIpc) is 2.62. The van der Waals surface area contributed by atoms with Crippen LogP contribution in [0.1, 0.15) is 31.7 Å². The van der Waals surface area contributed by atoms with Crippen LogP contribution in [0.15, 0.2) is 16.8 Å². The third-order valence-corrected chi connectivity index (χ3v) is 3.42. The van der Waals surface area contributed by atoms with E-state index in [0.29, 0.717) is 0 Å². The number of nitrogens with zero attached hydrogens (tertiary/aromatic N) is 1. The zero-order valence-corrected chi connectivity index (χ0v) is 9.02. The Kier molecular flexibility index (Phi) is 3.01. The van der Waals surface area contributed by atoms with Crippen molar-refractivity contribution in [2.75, 3.05) is 6.54 Å². The van der Waals surface area contributed by atoms with Gasteiger partial charge in [0.1, 0.15) is 0 Å². The van der Waals surface area contributed by atoms with Crippen LogP contribution in [-0.2, 0) is 6.54 Å². The molecule has 2 atom stereocenters. The van der Waals surface area contributed by atoms with Crippen LogP contribution in [-0.4, -0.2) is 17.5 Å². The Hall–Kier alpha value is -0.340. The normalized spacial score (nSPS) is 26.2. The van der Waals surface area contributed by atoms with E-state index in [2.05, 4.69) is 28.7 Å². The molecule has 2 unspecified atom stereocenters. The van der Waals surface area contributed by atoms with E-state index in [1.165, 1.54) is 37.9 Å². The number of hydrogen-bond acceptors (Lipinski definition) is 2. The highest BCUT2D eigenvalue weighted by molar-refractivity contribution is 7.07. The van der Waals surface area contributed by atoms with E-state index >= 15 is 0 Å². The summed E-state index contributed by atoms with van der Waals surface area (Å²) in [7, 11) is 0. The summed E-state index contributed by atoms with van der Waals surface area (Å²) < 4.78 is 0. The van der Waals surface area contributed by atoms with E-state index in [1.54, 1.807) is 11.3 Å². The van der Waals surface area contributed by atoms with Gasteiger partial charge in [0.25, 0.3) is 0 Å². The number of unbranched alkanes of at least 4 members (excludes halogenated alkanes) is 1. The third kappa shape index (κ3) is 2.55. The van der Waals surface area contributed by atoms with Gasteiger partial charge in [0.2, 0.25) is 0 Å². The molecular weight excluding hydrogens is 178 g/mol. The van der Waals surface area contributed by atoms with Gasteiger partial charge in [0.15, 0.2) is 0 Å². The molecule has 0 bridgehead atoms. The SMILES string of the molecule is CCCCC1CN1Cc1ccsc1. The number of thiophene rings is 1. The molecule has 1 aromatic rings. The Balaban J connectivity index is 1.69. The highest BCUT2D eigenvalue weighted by Crippen LogP contribution is 2.25. The summed E-state index contributed by atoms with van der Waals surface area (Å²) in [5.41, 5.74) is 1.49. The van der Waals surface area contributed by atoms with E-state index in [-0.39, 0.29) is 0 Å². The highest BCUT2D eigenvalue weighted by Gasteiger charge is 2.32. The van der Waals surface area contributed by atoms with Crippen LogP contribution in [0.25, 0.3) is 0 Å². The molecular formula is C11H17NS. The van der Waals surface area contributed by atoms with Crippen LogP contribution < -0.4 is 0 Å². The van der Waals surface area contributed by atoms with E-state index < -0.39 is 0 Å². The molecule has 2 rings (SSSR count). The number of rotatable bonds is 5. The van der Waals surface area contributed by atoms with Crippen molar-refractivity contribution in [3.8, 4) is 0 Å². The fraction of sp³-hybridized carbons (Fsp3) is 0.636. The Morgan fingerprint density at radius 1 is 1.62 bits per heavy atom. The van der Waals surface area contributed by atoms with Crippen molar-refractivity contribution in [2.45, 2.75) is 38.8 Å². The average molecular weight is 195 g/mol. The Morgan fingerprint density at radius 3 is 3.23 bits per heavy atom. The lowest BCUT2D eigenvalue weighted by Crippen LogP contribution is -2.00. The Bertz CT molecular complexity index is 243. The van der Waals surface area contributed by atoms with Crippen molar-refractivity contribution in [1.29, 1.82) is 0 Å². The largest absolute Gasteiger partial charge is 0.293 e. The first kappa shape index (κ1) is 9.22. The third-order valence-electron chi connectivity index (χ3n) is 2.68. The van der Waals surface area contributed by atoms with E-state index in [0.717, 1.165) is 6.04 Å². The lowest BCUT2D eigenvalue weighted by Gasteiger charge is -2.00. The van der Waals surface area contributed by atoms with Crippen molar-refractivity contribution in [2.24, 2.45) is 0 Å². The van der Waals surface area contributed by atoms with Gasteiger partial charge in [-0.1, -0.05) is 19.8 Å². The summed E-state index contributed by atoms with van der Waals surface area (Å²) in [6.45, 7) is 4.78. The molecule has 1 aliphatic heterocycles. The van der Waals surface area contributed by atoms with Crippen LogP contribution in [0.2, 0.25) is 0 Å². The molecule has 1 saturated heterocycles. The molecule has 1 nitrogen and oxygen atoms in total.